The predicted octanol–water partition coefficient (Wildman–Crippen LogP) is 4.18. The summed E-state index contributed by atoms with van der Waals surface area (Å²) in [5.41, 5.74) is 1.43. The molecule has 4 nitrogen and oxygen atoms in total. The summed E-state index contributed by atoms with van der Waals surface area (Å²) in [7, 11) is 1.62. The second-order valence-corrected chi connectivity index (χ2v) is 5.60. The lowest BCUT2D eigenvalue weighted by Gasteiger charge is -2.14. The van der Waals surface area contributed by atoms with Crippen LogP contribution in [0.5, 0.6) is 11.5 Å². The third-order valence-electron chi connectivity index (χ3n) is 3.98. The molecule has 3 aromatic carbocycles. The topological polar surface area (TPSA) is 47.6 Å². The fraction of sp³-hybridized carbons (Fsp3) is 0.190. The van der Waals surface area contributed by atoms with Crippen molar-refractivity contribution in [3.8, 4) is 11.5 Å². The average molecular weight is 335 g/mol. The van der Waals surface area contributed by atoms with E-state index in [1.54, 1.807) is 13.1 Å². The Labute approximate surface area is 147 Å². The van der Waals surface area contributed by atoms with E-state index in [0.717, 1.165) is 27.8 Å². The van der Waals surface area contributed by atoms with Crippen molar-refractivity contribution in [3.63, 3.8) is 0 Å². The van der Waals surface area contributed by atoms with Crippen LogP contribution in [0.4, 0.5) is 0 Å². The van der Waals surface area contributed by atoms with Gasteiger partial charge in [0.05, 0.1) is 6.61 Å². The molecule has 0 saturated carbocycles. The predicted molar refractivity (Wildman–Crippen MR) is 99.3 cm³/mol. The molecule has 25 heavy (non-hydrogen) atoms. The molecule has 0 heterocycles. The van der Waals surface area contributed by atoms with Gasteiger partial charge in [0.2, 0.25) is 0 Å². The highest BCUT2D eigenvalue weighted by atomic mass is 16.5. The summed E-state index contributed by atoms with van der Waals surface area (Å²) < 4.78 is 11.7. The summed E-state index contributed by atoms with van der Waals surface area (Å²) >= 11 is 0. The molecule has 0 aliphatic rings. The number of carbonyl (C=O) groups is 1. The van der Waals surface area contributed by atoms with E-state index in [1.807, 2.05) is 49.4 Å². The maximum atomic E-state index is 11.9. The van der Waals surface area contributed by atoms with Gasteiger partial charge in [-0.2, -0.15) is 0 Å². The first-order valence-electron chi connectivity index (χ1n) is 8.31. The van der Waals surface area contributed by atoms with Gasteiger partial charge in [-0.25, -0.2) is 0 Å². The van der Waals surface area contributed by atoms with Gasteiger partial charge < -0.3 is 14.8 Å². The van der Waals surface area contributed by atoms with Crippen LogP contribution in [0.2, 0.25) is 0 Å². The van der Waals surface area contributed by atoms with Crippen LogP contribution in [0, 0.1) is 0 Å². The summed E-state index contributed by atoms with van der Waals surface area (Å²) in [5, 5.41) is 4.83. The smallest absolute Gasteiger partial charge is 0.251 e. The molecule has 128 valence electrons. The second kappa shape index (κ2) is 7.71. The molecule has 0 fully saturated rings. The minimum absolute atomic E-state index is 0.130. The lowest BCUT2D eigenvalue weighted by molar-refractivity contribution is 0.0963. The van der Waals surface area contributed by atoms with Gasteiger partial charge in [0.15, 0.2) is 0 Å². The standard InChI is InChI=1S/C21H21NO3/c1-3-24-19-12-11-16(21(23)22-2)13-17(19)14-25-20-10-6-8-15-7-4-5-9-18(15)20/h4-13H,3,14H2,1-2H3,(H,22,23). The van der Waals surface area contributed by atoms with Crippen LogP contribution in [0.15, 0.2) is 60.7 Å². The van der Waals surface area contributed by atoms with E-state index in [0.29, 0.717) is 18.8 Å². The number of nitrogens with one attached hydrogen (secondary N) is 1. The molecule has 0 spiro atoms. The van der Waals surface area contributed by atoms with Crippen molar-refractivity contribution in [2.75, 3.05) is 13.7 Å². The first kappa shape index (κ1) is 16.8. The Morgan fingerprint density at radius 3 is 2.56 bits per heavy atom. The van der Waals surface area contributed by atoms with E-state index in [2.05, 4.69) is 17.4 Å². The van der Waals surface area contributed by atoms with Gasteiger partial charge in [-0.05, 0) is 36.6 Å². The normalized spacial score (nSPS) is 10.5. The van der Waals surface area contributed by atoms with Gasteiger partial charge >= 0.3 is 0 Å². The molecule has 4 heteroatoms. The number of benzene rings is 3. The molecule has 0 saturated heterocycles. The van der Waals surface area contributed by atoms with E-state index in [4.69, 9.17) is 9.47 Å². The molecule has 0 unspecified atom stereocenters. The first-order valence-corrected chi connectivity index (χ1v) is 8.31. The molecule has 0 atom stereocenters. The van der Waals surface area contributed by atoms with Gasteiger partial charge in [-0.15, -0.1) is 0 Å². The summed E-state index contributed by atoms with van der Waals surface area (Å²) in [5.74, 6) is 1.41. The van der Waals surface area contributed by atoms with Gasteiger partial charge in [-0.3, -0.25) is 4.79 Å². The van der Waals surface area contributed by atoms with Gasteiger partial charge in [0.25, 0.3) is 5.91 Å². The van der Waals surface area contributed by atoms with Crippen molar-refractivity contribution in [3.05, 3.63) is 71.8 Å². The number of ether oxygens (including phenoxy) is 2. The Balaban J connectivity index is 1.89. The molecule has 3 rings (SSSR count). The zero-order valence-corrected chi connectivity index (χ0v) is 14.4. The largest absolute Gasteiger partial charge is 0.493 e. The molecule has 1 N–H and O–H groups in total. The van der Waals surface area contributed by atoms with Crippen molar-refractivity contribution < 1.29 is 14.3 Å². The molecule has 0 aliphatic carbocycles. The summed E-state index contributed by atoms with van der Waals surface area (Å²) in [6, 6.07) is 19.5. The van der Waals surface area contributed by atoms with E-state index >= 15 is 0 Å². The minimum Gasteiger partial charge on any atom is -0.493 e. The molecule has 0 radical (unpaired) electrons. The Bertz CT molecular complexity index is 884. The second-order valence-electron chi connectivity index (χ2n) is 5.60. The van der Waals surface area contributed by atoms with Crippen LogP contribution in [-0.4, -0.2) is 19.6 Å². The summed E-state index contributed by atoms with van der Waals surface area (Å²) in [4.78, 5) is 11.9. The van der Waals surface area contributed by atoms with Crippen LogP contribution in [0.1, 0.15) is 22.8 Å². The van der Waals surface area contributed by atoms with Crippen molar-refractivity contribution >= 4 is 16.7 Å². The van der Waals surface area contributed by atoms with E-state index in [9.17, 15) is 4.79 Å². The first-order chi connectivity index (χ1) is 12.2. The summed E-state index contributed by atoms with van der Waals surface area (Å²) in [6.07, 6.45) is 0. The maximum Gasteiger partial charge on any atom is 0.251 e. The number of hydrogen-bond donors (Lipinski definition) is 1. The highest BCUT2D eigenvalue weighted by molar-refractivity contribution is 5.94. The third-order valence-corrected chi connectivity index (χ3v) is 3.98. The van der Waals surface area contributed by atoms with Gasteiger partial charge in [-0.1, -0.05) is 36.4 Å². The Morgan fingerprint density at radius 2 is 1.76 bits per heavy atom. The third kappa shape index (κ3) is 3.74. The number of hydrogen-bond acceptors (Lipinski definition) is 3. The number of carbonyl (C=O) groups excluding carboxylic acids is 1. The van der Waals surface area contributed by atoms with Crippen molar-refractivity contribution in [2.45, 2.75) is 13.5 Å². The zero-order valence-electron chi connectivity index (χ0n) is 14.4. The fourth-order valence-electron chi connectivity index (χ4n) is 2.75. The SMILES string of the molecule is CCOc1ccc(C(=O)NC)cc1COc1cccc2ccccc12. The zero-order chi connectivity index (χ0) is 17.6. The number of amides is 1. The van der Waals surface area contributed by atoms with Crippen LogP contribution >= 0.6 is 0 Å². The Kier molecular flexibility index (Phi) is 5.19. The highest BCUT2D eigenvalue weighted by Crippen LogP contribution is 2.28. The van der Waals surface area contributed by atoms with Gasteiger partial charge in [0, 0.05) is 23.6 Å². The highest BCUT2D eigenvalue weighted by Gasteiger charge is 2.11. The van der Waals surface area contributed by atoms with Crippen molar-refractivity contribution in [2.24, 2.45) is 0 Å². The van der Waals surface area contributed by atoms with Crippen LogP contribution < -0.4 is 14.8 Å². The number of rotatable bonds is 6. The minimum atomic E-state index is -0.130. The van der Waals surface area contributed by atoms with Crippen molar-refractivity contribution in [1.82, 2.24) is 5.32 Å². The monoisotopic (exact) mass is 335 g/mol. The molecular weight excluding hydrogens is 314 g/mol. The molecule has 0 aromatic heterocycles. The number of fused-ring (bicyclic) bond motifs is 1. The average Bonchev–Trinajstić information content (AvgIpc) is 2.66. The van der Waals surface area contributed by atoms with Crippen LogP contribution in [0.3, 0.4) is 0 Å². The molecule has 1 amide bonds. The molecule has 3 aromatic rings. The Morgan fingerprint density at radius 1 is 0.960 bits per heavy atom. The maximum absolute atomic E-state index is 11.9. The van der Waals surface area contributed by atoms with Crippen molar-refractivity contribution in [1.29, 1.82) is 0 Å². The van der Waals surface area contributed by atoms with E-state index in [1.165, 1.54) is 0 Å². The molecular formula is C21H21NO3. The van der Waals surface area contributed by atoms with E-state index in [-0.39, 0.29) is 5.91 Å². The lowest BCUT2D eigenvalue weighted by Crippen LogP contribution is -2.18. The lowest BCUT2D eigenvalue weighted by atomic mass is 10.1. The fourth-order valence-corrected chi connectivity index (χ4v) is 2.75. The summed E-state index contributed by atoms with van der Waals surface area (Å²) in [6.45, 7) is 2.82. The van der Waals surface area contributed by atoms with Gasteiger partial charge in [0.1, 0.15) is 18.1 Å². The van der Waals surface area contributed by atoms with E-state index < -0.39 is 0 Å². The Hall–Kier alpha value is -3.01. The molecule has 0 bridgehead atoms. The van der Waals surface area contributed by atoms with Crippen LogP contribution in [0.25, 0.3) is 10.8 Å². The molecule has 0 aliphatic heterocycles. The quantitative estimate of drug-likeness (QED) is 0.735. The van der Waals surface area contributed by atoms with Crippen LogP contribution in [-0.2, 0) is 6.61 Å².